The van der Waals surface area contributed by atoms with Gasteiger partial charge in [0.2, 0.25) is 0 Å². The Hall–Kier alpha value is -0.700. The maximum absolute atomic E-state index is 10.6. The minimum absolute atomic E-state index is 0.275. The van der Waals surface area contributed by atoms with Crippen LogP contribution in [0.25, 0.3) is 0 Å². The van der Waals surface area contributed by atoms with E-state index in [9.17, 15) is 4.79 Å². The van der Waals surface area contributed by atoms with E-state index in [2.05, 4.69) is 4.98 Å². The molecular weight excluding hydrogens is 170 g/mol. The van der Waals surface area contributed by atoms with Gasteiger partial charge in [-0.15, -0.1) is 11.3 Å². The average molecular weight is 183 g/mol. The van der Waals surface area contributed by atoms with Crippen molar-refractivity contribution in [3.63, 3.8) is 0 Å². The topological polar surface area (TPSA) is 30.0 Å². The molecule has 2 nitrogen and oxygen atoms in total. The monoisotopic (exact) mass is 183 g/mol. The number of carbonyl (C=O) groups excluding carboxylic acids is 1. The third-order valence-corrected chi connectivity index (χ3v) is 2.77. The van der Waals surface area contributed by atoms with Crippen LogP contribution < -0.4 is 0 Å². The quantitative estimate of drug-likeness (QED) is 0.717. The van der Waals surface area contributed by atoms with Crippen molar-refractivity contribution in [1.29, 1.82) is 0 Å². The molecule has 0 bridgehead atoms. The van der Waals surface area contributed by atoms with Crippen molar-refractivity contribution < 1.29 is 4.79 Å². The first kappa shape index (κ1) is 9.39. The van der Waals surface area contributed by atoms with Crippen LogP contribution in [-0.2, 0) is 11.2 Å². The molecule has 12 heavy (non-hydrogen) atoms. The minimum Gasteiger partial charge on any atom is -0.300 e. The lowest BCUT2D eigenvalue weighted by Gasteiger charge is -1.95. The van der Waals surface area contributed by atoms with E-state index >= 15 is 0 Å². The summed E-state index contributed by atoms with van der Waals surface area (Å²) in [6, 6.07) is 0. The van der Waals surface area contributed by atoms with Crippen molar-refractivity contribution in [3.8, 4) is 0 Å². The van der Waals surface area contributed by atoms with Gasteiger partial charge in [-0.05, 0) is 26.7 Å². The van der Waals surface area contributed by atoms with Crippen LogP contribution in [-0.4, -0.2) is 10.8 Å². The Morgan fingerprint density at radius 2 is 2.42 bits per heavy atom. The second-order valence-corrected chi connectivity index (χ2v) is 3.86. The van der Waals surface area contributed by atoms with E-state index in [0.29, 0.717) is 6.42 Å². The number of hydrogen-bond acceptors (Lipinski definition) is 3. The minimum atomic E-state index is 0.275. The number of ketones is 1. The summed E-state index contributed by atoms with van der Waals surface area (Å²) in [6.45, 7) is 3.65. The van der Waals surface area contributed by atoms with Gasteiger partial charge in [-0.2, -0.15) is 0 Å². The van der Waals surface area contributed by atoms with E-state index in [-0.39, 0.29) is 5.78 Å². The molecule has 0 aliphatic rings. The molecule has 0 amide bonds. The average Bonchev–Trinajstić information content (AvgIpc) is 2.36. The summed E-state index contributed by atoms with van der Waals surface area (Å²) in [5, 5.41) is 0. The van der Waals surface area contributed by atoms with Crippen LogP contribution in [0.2, 0.25) is 0 Å². The first-order valence-corrected chi connectivity index (χ1v) is 4.96. The van der Waals surface area contributed by atoms with Crippen molar-refractivity contribution in [1.82, 2.24) is 4.98 Å². The fourth-order valence-corrected chi connectivity index (χ4v) is 1.89. The highest BCUT2D eigenvalue weighted by Crippen LogP contribution is 2.14. The smallest absolute Gasteiger partial charge is 0.129 e. The van der Waals surface area contributed by atoms with Gasteiger partial charge in [0, 0.05) is 11.3 Å². The highest BCUT2D eigenvalue weighted by atomic mass is 32.1. The van der Waals surface area contributed by atoms with Crippen molar-refractivity contribution in [3.05, 3.63) is 16.1 Å². The lowest BCUT2D eigenvalue weighted by molar-refractivity contribution is -0.117. The normalized spacial score (nSPS) is 10.2. The predicted octanol–water partition coefficient (Wildman–Crippen LogP) is 2.36. The number of aromatic nitrogens is 1. The van der Waals surface area contributed by atoms with Crippen LogP contribution in [0.15, 0.2) is 5.51 Å². The number of rotatable bonds is 4. The van der Waals surface area contributed by atoms with E-state index in [1.54, 1.807) is 18.3 Å². The second-order valence-electron chi connectivity index (χ2n) is 2.92. The summed E-state index contributed by atoms with van der Waals surface area (Å²) in [7, 11) is 0. The third-order valence-electron chi connectivity index (χ3n) is 1.78. The Morgan fingerprint density at radius 1 is 1.67 bits per heavy atom. The molecule has 0 spiro atoms. The van der Waals surface area contributed by atoms with Crippen LogP contribution in [0.4, 0.5) is 0 Å². The summed E-state index contributed by atoms with van der Waals surface area (Å²) in [5.41, 5.74) is 2.97. The van der Waals surface area contributed by atoms with Gasteiger partial charge < -0.3 is 4.79 Å². The molecule has 1 aromatic heterocycles. The molecular formula is C9H13NOS. The maximum Gasteiger partial charge on any atom is 0.129 e. The van der Waals surface area contributed by atoms with E-state index in [4.69, 9.17) is 0 Å². The molecule has 0 aliphatic heterocycles. The van der Waals surface area contributed by atoms with Crippen LogP contribution in [0.3, 0.4) is 0 Å². The number of hydrogen-bond donors (Lipinski definition) is 0. The van der Waals surface area contributed by atoms with Gasteiger partial charge in [0.05, 0.1) is 11.2 Å². The summed E-state index contributed by atoms with van der Waals surface area (Å²) >= 11 is 1.68. The summed E-state index contributed by atoms with van der Waals surface area (Å²) in [4.78, 5) is 16.1. The van der Waals surface area contributed by atoms with Crippen LogP contribution in [0, 0.1) is 6.92 Å². The molecule has 66 valence electrons. The largest absolute Gasteiger partial charge is 0.300 e. The van der Waals surface area contributed by atoms with Crippen molar-refractivity contribution in [2.75, 3.05) is 0 Å². The van der Waals surface area contributed by atoms with Gasteiger partial charge in [0.25, 0.3) is 0 Å². The summed E-state index contributed by atoms with van der Waals surface area (Å²) in [5.74, 6) is 0.275. The number of carbonyl (C=O) groups is 1. The Bertz CT molecular complexity index is 267. The fraction of sp³-hybridized carbons (Fsp3) is 0.556. The zero-order valence-corrected chi connectivity index (χ0v) is 8.28. The molecule has 0 unspecified atom stereocenters. The molecule has 0 N–H and O–H groups in total. The van der Waals surface area contributed by atoms with E-state index < -0.39 is 0 Å². The van der Waals surface area contributed by atoms with Crippen molar-refractivity contribution in [2.45, 2.75) is 33.1 Å². The number of aryl methyl sites for hydroxylation is 2. The molecule has 1 heterocycles. The Kier molecular flexibility index (Phi) is 3.41. The predicted molar refractivity (Wildman–Crippen MR) is 50.5 cm³/mol. The zero-order chi connectivity index (χ0) is 8.97. The van der Waals surface area contributed by atoms with Crippen molar-refractivity contribution in [2.24, 2.45) is 0 Å². The molecule has 0 saturated carbocycles. The molecule has 0 aliphatic carbocycles. The van der Waals surface area contributed by atoms with Crippen molar-refractivity contribution >= 4 is 17.1 Å². The molecule has 1 rings (SSSR count). The Balaban J connectivity index is 2.33. The third kappa shape index (κ3) is 2.74. The molecule has 0 atom stereocenters. The van der Waals surface area contributed by atoms with Gasteiger partial charge in [-0.25, -0.2) is 4.98 Å². The lowest BCUT2D eigenvalue weighted by Crippen LogP contribution is -1.92. The van der Waals surface area contributed by atoms with E-state index in [1.165, 1.54) is 4.88 Å². The lowest BCUT2D eigenvalue weighted by atomic mass is 10.1. The van der Waals surface area contributed by atoms with Crippen LogP contribution >= 0.6 is 11.3 Å². The first-order valence-electron chi connectivity index (χ1n) is 4.08. The maximum atomic E-state index is 10.6. The zero-order valence-electron chi connectivity index (χ0n) is 7.46. The fourth-order valence-electron chi connectivity index (χ4n) is 1.06. The molecule has 1 aromatic rings. The summed E-state index contributed by atoms with van der Waals surface area (Å²) in [6.07, 6.45) is 2.64. The number of nitrogens with zero attached hydrogens (tertiary/aromatic N) is 1. The van der Waals surface area contributed by atoms with Gasteiger partial charge in [-0.1, -0.05) is 0 Å². The molecule has 0 fully saturated rings. The van der Waals surface area contributed by atoms with E-state index in [1.807, 2.05) is 12.4 Å². The van der Waals surface area contributed by atoms with Gasteiger partial charge in [0.1, 0.15) is 5.78 Å². The molecule has 3 heteroatoms. The van der Waals surface area contributed by atoms with E-state index in [0.717, 1.165) is 18.5 Å². The second kappa shape index (κ2) is 4.36. The SMILES string of the molecule is CC(=O)CCCc1scnc1C. The van der Waals surface area contributed by atoms with Crippen LogP contribution in [0.1, 0.15) is 30.3 Å². The highest BCUT2D eigenvalue weighted by Gasteiger charge is 2.01. The summed E-state index contributed by atoms with van der Waals surface area (Å²) < 4.78 is 0. The van der Waals surface area contributed by atoms with Crippen LogP contribution in [0.5, 0.6) is 0 Å². The molecule has 0 radical (unpaired) electrons. The number of Topliss-reactive ketones (excluding diaryl/α,β-unsaturated/α-hetero) is 1. The van der Waals surface area contributed by atoms with Gasteiger partial charge in [-0.3, -0.25) is 0 Å². The number of thiazole rings is 1. The molecule has 0 saturated heterocycles. The highest BCUT2D eigenvalue weighted by molar-refractivity contribution is 7.09. The first-order chi connectivity index (χ1) is 5.70. The van der Waals surface area contributed by atoms with Gasteiger partial charge in [0.15, 0.2) is 0 Å². The Morgan fingerprint density at radius 3 is 2.92 bits per heavy atom. The molecule has 0 aromatic carbocycles. The standard InChI is InChI=1S/C9H13NOS/c1-7(11)4-3-5-9-8(2)10-6-12-9/h6H,3-5H2,1-2H3. The Labute approximate surface area is 76.6 Å². The van der Waals surface area contributed by atoms with Gasteiger partial charge >= 0.3 is 0 Å².